The van der Waals surface area contributed by atoms with Crippen molar-refractivity contribution >= 4 is 21.6 Å². The quantitative estimate of drug-likeness (QED) is 0.824. The predicted octanol–water partition coefficient (Wildman–Crippen LogP) is 2.90. The van der Waals surface area contributed by atoms with Gasteiger partial charge in [-0.3, -0.25) is 9.10 Å². The summed E-state index contributed by atoms with van der Waals surface area (Å²) in [6.45, 7) is 5.39. The number of carbonyl (C=O) groups excluding carboxylic acids is 1. The molecule has 5 nitrogen and oxygen atoms in total. The van der Waals surface area contributed by atoms with Crippen LogP contribution in [-0.2, 0) is 14.8 Å². The molecule has 0 aliphatic heterocycles. The van der Waals surface area contributed by atoms with Crippen molar-refractivity contribution in [2.75, 3.05) is 24.9 Å². The summed E-state index contributed by atoms with van der Waals surface area (Å²) >= 11 is 0. The smallest absolute Gasteiger partial charge is 0.264 e. The van der Waals surface area contributed by atoms with Crippen LogP contribution in [-0.4, -0.2) is 39.9 Å². The summed E-state index contributed by atoms with van der Waals surface area (Å²) < 4.78 is 27.6. The standard InChI is InChI=1S/C19H24N2O3S/c1-14-7-10-17(11-8-14)25(23,24)21(13-19(22)20(4)5)18-12-15(2)6-9-16(18)3/h6-12H,13H2,1-5H3. The maximum Gasteiger partial charge on any atom is 0.264 e. The van der Waals surface area contributed by atoms with Gasteiger partial charge in [-0.05, 0) is 50.1 Å². The number of nitrogens with zero attached hydrogens (tertiary/aromatic N) is 2. The van der Waals surface area contributed by atoms with Gasteiger partial charge in [0.15, 0.2) is 0 Å². The Morgan fingerprint density at radius 2 is 1.48 bits per heavy atom. The number of anilines is 1. The van der Waals surface area contributed by atoms with Crippen LogP contribution in [0.4, 0.5) is 5.69 Å². The summed E-state index contributed by atoms with van der Waals surface area (Å²) in [6, 6.07) is 12.2. The largest absolute Gasteiger partial charge is 0.347 e. The molecular formula is C19H24N2O3S. The van der Waals surface area contributed by atoms with Crippen LogP contribution in [0.5, 0.6) is 0 Å². The molecular weight excluding hydrogens is 336 g/mol. The Hall–Kier alpha value is -2.34. The molecule has 0 atom stereocenters. The van der Waals surface area contributed by atoms with Gasteiger partial charge in [-0.15, -0.1) is 0 Å². The summed E-state index contributed by atoms with van der Waals surface area (Å²) in [6.07, 6.45) is 0. The summed E-state index contributed by atoms with van der Waals surface area (Å²) in [5.41, 5.74) is 3.23. The van der Waals surface area contributed by atoms with E-state index in [-0.39, 0.29) is 17.3 Å². The fourth-order valence-corrected chi connectivity index (χ4v) is 3.86. The van der Waals surface area contributed by atoms with Gasteiger partial charge in [0.2, 0.25) is 5.91 Å². The average molecular weight is 360 g/mol. The van der Waals surface area contributed by atoms with Crippen LogP contribution >= 0.6 is 0 Å². The molecule has 0 fully saturated rings. The van der Waals surface area contributed by atoms with E-state index in [2.05, 4.69) is 0 Å². The summed E-state index contributed by atoms with van der Waals surface area (Å²) in [5, 5.41) is 0. The van der Waals surface area contributed by atoms with Crippen LogP contribution in [0, 0.1) is 20.8 Å². The Balaban J connectivity index is 2.59. The Morgan fingerprint density at radius 3 is 2.04 bits per heavy atom. The first-order chi connectivity index (χ1) is 11.6. The van der Waals surface area contributed by atoms with Crippen molar-refractivity contribution in [3.05, 3.63) is 59.2 Å². The first-order valence-electron chi connectivity index (χ1n) is 7.99. The zero-order valence-electron chi connectivity index (χ0n) is 15.3. The predicted molar refractivity (Wildman–Crippen MR) is 100 cm³/mol. The van der Waals surface area contributed by atoms with E-state index in [1.165, 1.54) is 9.21 Å². The molecule has 2 aromatic rings. The number of benzene rings is 2. The molecule has 134 valence electrons. The summed E-state index contributed by atoms with van der Waals surface area (Å²) in [5.74, 6) is -0.281. The van der Waals surface area contributed by atoms with Gasteiger partial charge in [0.05, 0.1) is 10.6 Å². The van der Waals surface area contributed by atoms with E-state index >= 15 is 0 Å². The Labute approximate surface area is 149 Å². The third-order valence-electron chi connectivity index (χ3n) is 4.02. The van der Waals surface area contributed by atoms with Gasteiger partial charge >= 0.3 is 0 Å². The zero-order valence-corrected chi connectivity index (χ0v) is 16.1. The lowest BCUT2D eigenvalue weighted by Gasteiger charge is -2.27. The van der Waals surface area contributed by atoms with Gasteiger partial charge < -0.3 is 4.90 Å². The number of rotatable bonds is 5. The molecule has 1 amide bonds. The molecule has 2 rings (SSSR count). The average Bonchev–Trinajstić information content (AvgIpc) is 2.55. The van der Waals surface area contributed by atoms with E-state index < -0.39 is 10.0 Å². The molecule has 0 heterocycles. The highest BCUT2D eigenvalue weighted by molar-refractivity contribution is 7.92. The summed E-state index contributed by atoms with van der Waals surface area (Å²) in [7, 11) is -0.626. The maximum atomic E-state index is 13.2. The molecule has 6 heteroatoms. The molecule has 0 aliphatic rings. The molecule has 0 spiro atoms. The Morgan fingerprint density at radius 1 is 0.920 bits per heavy atom. The van der Waals surface area contributed by atoms with E-state index in [4.69, 9.17) is 0 Å². The van der Waals surface area contributed by atoms with Crippen LogP contribution < -0.4 is 4.31 Å². The minimum atomic E-state index is -3.85. The normalized spacial score (nSPS) is 11.2. The van der Waals surface area contributed by atoms with Gasteiger partial charge in [-0.1, -0.05) is 29.8 Å². The second-order valence-corrected chi connectivity index (χ2v) is 8.27. The number of hydrogen-bond acceptors (Lipinski definition) is 3. The Kier molecular flexibility index (Phi) is 5.52. The Bertz CT molecular complexity index is 872. The maximum absolute atomic E-state index is 13.2. The highest BCUT2D eigenvalue weighted by atomic mass is 32.2. The van der Waals surface area contributed by atoms with E-state index in [9.17, 15) is 13.2 Å². The number of sulfonamides is 1. The van der Waals surface area contributed by atoms with Gasteiger partial charge in [0.25, 0.3) is 10.0 Å². The SMILES string of the molecule is Cc1ccc(S(=O)(=O)N(CC(=O)N(C)C)c2cc(C)ccc2C)cc1. The fourth-order valence-electron chi connectivity index (χ4n) is 2.39. The number of hydrogen-bond donors (Lipinski definition) is 0. The van der Waals surface area contributed by atoms with Crippen molar-refractivity contribution in [2.24, 2.45) is 0 Å². The molecule has 0 saturated carbocycles. The van der Waals surface area contributed by atoms with Gasteiger partial charge in [-0.2, -0.15) is 0 Å². The van der Waals surface area contributed by atoms with E-state index in [1.54, 1.807) is 44.4 Å². The molecule has 0 N–H and O–H groups in total. The van der Waals surface area contributed by atoms with Crippen molar-refractivity contribution < 1.29 is 13.2 Å². The zero-order chi connectivity index (χ0) is 18.8. The summed E-state index contributed by atoms with van der Waals surface area (Å²) in [4.78, 5) is 13.8. The number of aryl methyl sites for hydroxylation is 3. The first kappa shape index (κ1) is 19.0. The van der Waals surface area contributed by atoms with E-state index in [0.29, 0.717) is 5.69 Å². The minimum absolute atomic E-state index is 0.172. The number of carbonyl (C=O) groups is 1. The molecule has 25 heavy (non-hydrogen) atoms. The van der Waals surface area contributed by atoms with E-state index in [0.717, 1.165) is 16.7 Å². The van der Waals surface area contributed by atoms with Gasteiger partial charge in [0, 0.05) is 14.1 Å². The topological polar surface area (TPSA) is 57.7 Å². The van der Waals surface area contributed by atoms with Crippen LogP contribution in [0.3, 0.4) is 0 Å². The number of likely N-dealkylation sites (N-methyl/N-ethyl adjacent to an activating group) is 1. The van der Waals surface area contributed by atoms with Crippen molar-refractivity contribution in [2.45, 2.75) is 25.7 Å². The highest BCUT2D eigenvalue weighted by Gasteiger charge is 2.28. The number of amides is 1. The lowest BCUT2D eigenvalue weighted by molar-refractivity contribution is -0.127. The van der Waals surface area contributed by atoms with Crippen LogP contribution in [0.2, 0.25) is 0 Å². The fraction of sp³-hybridized carbons (Fsp3) is 0.316. The van der Waals surface area contributed by atoms with Crippen molar-refractivity contribution in [1.82, 2.24) is 4.90 Å². The van der Waals surface area contributed by atoms with E-state index in [1.807, 2.05) is 32.9 Å². The highest BCUT2D eigenvalue weighted by Crippen LogP contribution is 2.28. The monoisotopic (exact) mass is 360 g/mol. The molecule has 0 saturated heterocycles. The van der Waals surface area contributed by atoms with Crippen LogP contribution in [0.15, 0.2) is 47.4 Å². The van der Waals surface area contributed by atoms with Crippen molar-refractivity contribution in [3.63, 3.8) is 0 Å². The lowest BCUT2D eigenvalue weighted by atomic mass is 10.1. The van der Waals surface area contributed by atoms with Gasteiger partial charge in [-0.25, -0.2) is 8.42 Å². The third kappa shape index (κ3) is 4.20. The molecule has 0 aromatic heterocycles. The van der Waals surface area contributed by atoms with Crippen molar-refractivity contribution in [3.8, 4) is 0 Å². The second-order valence-electron chi connectivity index (χ2n) is 6.40. The molecule has 2 aromatic carbocycles. The van der Waals surface area contributed by atoms with Gasteiger partial charge in [0.1, 0.15) is 6.54 Å². The van der Waals surface area contributed by atoms with Crippen molar-refractivity contribution in [1.29, 1.82) is 0 Å². The molecule has 0 aliphatic carbocycles. The first-order valence-corrected chi connectivity index (χ1v) is 9.44. The molecule has 0 unspecified atom stereocenters. The van der Waals surface area contributed by atoms with Crippen LogP contribution in [0.25, 0.3) is 0 Å². The minimum Gasteiger partial charge on any atom is -0.347 e. The molecule has 0 bridgehead atoms. The lowest BCUT2D eigenvalue weighted by Crippen LogP contribution is -2.40. The molecule has 0 radical (unpaired) electrons. The van der Waals surface area contributed by atoms with Crippen LogP contribution in [0.1, 0.15) is 16.7 Å². The third-order valence-corrected chi connectivity index (χ3v) is 5.79. The second kappa shape index (κ2) is 7.27.